The Morgan fingerprint density at radius 3 is 2.87 bits per heavy atom. The van der Waals surface area contributed by atoms with Gasteiger partial charge in [-0.25, -0.2) is 17.5 Å². The molecule has 0 bridgehead atoms. The van der Waals surface area contributed by atoms with Gasteiger partial charge in [-0.3, -0.25) is 4.79 Å². The summed E-state index contributed by atoms with van der Waals surface area (Å²) in [5.41, 5.74) is 0. The Balaban J connectivity index is 1.89. The van der Waals surface area contributed by atoms with Crippen molar-refractivity contribution < 1.29 is 17.6 Å². The summed E-state index contributed by atoms with van der Waals surface area (Å²) in [7, 11) is -3.81. The molecule has 1 heterocycles. The van der Waals surface area contributed by atoms with E-state index < -0.39 is 15.8 Å². The fourth-order valence-electron chi connectivity index (χ4n) is 2.59. The molecule has 0 aliphatic carbocycles. The largest absolute Gasteiger partial charge is 0.342 e. The third-order valence-electron chi connectivity index (χ3n) is 3.84. The summed E-state index contributed by atoms with van der Waals surface area (Å²) in [5.74, 6) is -0.262. The molecule has 5 nitrogen and oxygen atoms in total. The van der Waals surface area contributed by atoms with Crippen molar-refractivity contribution in [2.24, 2.45) is 5.92 Å². The van der Waals surface area contributed by atoms with E-state index in [0.29, 0.717) is 5.92 Å². The van der Waals surface area contributed by atoms with E-state index in [1.54, 1.807) is 4.90 Å². The number of likely N-dealkylation sites (tertiary alicyclic amines) is 1. The van der Waals surface area contributed by atoms with Gasteiger partial charge < -0.3 is 4.90 Å². The van der Waals surface area contributed by atoms with Crippen molar-refractivity contribution in [2.45, 2.75) is 31.1 Å². The zero-order valence-corrected chi connectivity index (χ0v) is 14.5. The molecule has 1 N–H and O–H groups in total. The number of nitrogens with one attached hydrogen (secondary N) is 1. The Labute approximate surface area is 140 Å². The van der Waals surface area contributed by atoms with E-state index in [1.165, 1.54) is 0 Å². The van der Waals surface area contributed by atoms with Crippen LogP contribution >= 0.6 is 11.6 Å². The van der Waals surface area contributed by atoms with E-state index in [0.717, 1.165) is 44.1 Å². The van der Waals surface area contributed by atoms with E-state index >= 15 is 0 Å². The summed E-state index contributed by atoms with van der Waals surface area (Å²) >= 11 is 5.59. The van der Waals surface area contributed by atoms with Crippen molar-refractivity contribution in [2.75, 3.05) is 19.6 Å². The van der Waals surface area contributed by atoms with Crippen LogP contribution in [-0.4, -0.2) is 38.9 Å². The summed E-state index contributed by atoms with van der Waals surface area (Å²) in [5, 5.41) is -0.258. The summed E-state index contributed by atoms with van der Waals surface area (Å²) in [6, 6.07) is 3.18. The molecule has 1 amide bonds. The second-order valence-electron chi connectivity index (χ2n) is 5.81. The third kappa shape index (κ3) is 4.89. The minimum absolute atomic E-state index is 0.00103. The van der Waals surface area contributed by atoms with Crippen LogP contribution in [0.5, 0.6) is 0 Å². The van der Waals surface area contributed by atoms with Gasteiger partial charge in [0.1, 0.15) is 5.82 Å². The minimum Gasteiger partial charge on any atom is -0.342 e. The van der Waals surface area contributed by atoms with E-state index in [1.807, 2.05) is 0 Å². The van der Waals surface area contributed by atoms with Gasteiger partial charge in [0.05, 0.1) is 9.92 Å². The van der Waals surface area contributed by atoms with Crippen molar-refractivity contribution >= 4 is 27.5 Å². The highest BCUT2D eigenvalue weighted by molar-refractivity contribution is 7.89. The number of hydrogen-bond acceptors (Lipinski definition) is 3. The average Bonchev–Trinajstić information content (AvgIpc) is 2.49. The molecule has 1 aromatic rings. The molecular weight excluding hydrogens is 343 g/mol. The number of nitrogens with zero attached hydrogens (tertiary/aromatic N) is 1. The van der Waals surface area contributed by atoms with Gasteiger partial charge in [0.2, 0.25) is 15.9 Å². The lowest BCUT2D eigenvalue weighted by Gasteiger charge is -2.31. The van der Waals surface area contributed by atoms with Gasteiger partial charge in [-0.05, 0) is 37.0 Å². The Bertz CT molecular complexity index is 681. The molecule has 1 aliphatic rings. The second kappa shape index (κ2) is 7.59. The Morgan fingerprint density at radius 1 is 1.48 bits per heavy atom. The van der Waals surface area contributed by atoms with Crippen LogP contribution in [0.2, 0.25) is 5.02 Å². The first kappa shape index (κ1) is 18.2. The predicted octanol–water partition coefficient (Wildman–Crippen LogP) is 2.41. The second-order valence-corrected chi connectivity index (χ2v) is 7.98. The number of rotatable bonds is 5. The molecule has 0 radical (unpaired) electrons. The first-order chi connectivity index (χ1) is 10.8. The molecule has 0 aromatic heterocycles. The molecule has 1 fully saturated rings. The highest BCUT2D eigenvalue weighted by Gasteiger charge is 2.21. The predicted molar refractivity (Wildman–Crippen MR) is 86.2 cm³/mol. The number of carbonyl (C=O) groups excluding carboxylic acids is 1. The maximum atomic E-state index is 13.1. The highest BCUT2D eigenvalue weighted by atomic mass is 35.5. The summed E-state index contributed by atoms with van der Waals surface area (Å²) in [4.78, 5) is 13.7. The van der Waals surface area contributed by atoms with Crippen LogP contribution in [0.25, 0.3) is 0 Å². The first-order valence-corrected chi connectivity index (χ1v) is 9.38. The molecule has 0 spiro atoms. The zero-order chi connectivity index (χ0) is 17.0. The van der Waals surface area contributed by atoms with E-state index in [9.17, 15) is 17.6 Å². The van der Waals surface area contributed by atoms with E-state index in [4.69, 9.17) is 11.6 Å². The fourth-order valence-corrected chi connectivity index (χ4v) is 3.90. The maximum absolute atomic E-state index is 13.1. The van der Waals surface area contributed by atoms with Crippen LogP contribution < -0.4 is 4.72 Å². The van der Waals surface area contributed by atoms with Crippen molar-refractivity contribution in [1.29, 1.82) is 0 Å². The first-order valence-electron chi connectivity index (χ1n) is 7.52. The molecule has 23 heavy (non-hydrogen) atoms. The van der Waals surface area contributed by atoms with Gasteiger partial charge in [0, 0.05) is 26.1 Å². The molecule has 8 heteroatoms. The number of amides is 1. The molecular formula is C15H20ClFN2O3S. The van der Waals surface area contributed by atoms with Crippen LogP contribution in [0.4, 0.5) is 4.39 Å². The lowest BCUT2D eigenvalue weighted by atomic mass is 10.0. The molecule has 128 valence electrons. The van der Waals surface area contributed by atoms with Crippen LogP contribution in [0.3, 0.4) is 0 Å². The van der Waals surface area contributed by atoms with Gasteiger partial charge in [-0.15, -0.1) is 0 Å². The highest BCUT2D eigenvalue weighted by Crippen LogP contribution is 2.19. The van der Waals surface area contributed by atoms with Crippen LogP contribution in [0, 0.1) is 11.7 Å². The monoisotopic (exact) mass is 362 g/mol. The van der Waals surface area contributed by atoms with Crippen molar-refractivity contribution in [1.82, 2.24) is 9.62 Å². The average molecular weight is 363 g/mol. The van der Waals surface area contributed by atoms with Gasteiger partial charge in [-0.2, -0.15) is 0 Å². The molecule has 1 atom stereocenters. The van der Waals surface area contributed by atoms with Gasteiger partial charge in [0.25, 0.3) is 0 Å². The Kier molecular flexibility index (Phi) is 6.00. The topological polar surface area (TPSA) is 66.5 Å². The van der Waals surface area contributed by atoms with Gasteiger partial charge in [-0.1, -0.05) is 18.5 Å². The van der Waals surface area contributed by atoms with Gasteiger partial charge in [0.15, 0.2) is 0 Å². The third-order valence-corrected chi connectivity index (χ3v) is 5.59. The lowest BCUT2D eigenvalue weighted by molar-refractivity contribution is -0.132. The summed E-state index contributed by atoms with van der Waals surface area (Å²) in [6.07, 6.45) is 2.19. The van der Waals surface area contributed by atoms with E-state index in [-0.39, 0.29) is 28.8 Å². The molecule has 1 unspecified atom stereocenters. The summed E-state index contributed by atoms with van der Waals surface area (Å²) in [6.45, 7) is 3.55. The number of benzene rings is 1. The fraction of sp³-hybridized carbons (Fsp3) is 0.533. The number of sulfonamides is 1. The molecule has 1 aliphatic heterocycles. The molecule has 0 saturated carbocycles. The number of hydrogen-bond donors (Lipinski definition) is 1. The standard InChI is InChI=1S/C15H20ClFN2O3S/c1-11-3-2-8-19(10-11)15(20)6-7-18-23(21,22)12-4-5-14(17)13(16)9-12/h4-5,9,11,18H,2-3,6-8,10H2,1H3. The Hall–Kier alpha value is -1.18. The number of carbonyl (C=O) groups is 1. The molecule has 2 rings (SSSR count). The van der Waals surface area contributed by atoms with E-state index in [2.05, 4.69) is 11.6 Å². The Morgan fingerprint density at radius 2 is 2.22 bits per heavy atom. The SMILES string of the molecule is CC1CCCN(C(=O)CCNS(=O)(=O)c2ccc(F)c(Cl)c2)C1. The number of piperidine rings is 1. The van der Waals surface area contributed by atoms with Crippen LogP contribution in [0.1, 0.15) is 26.2 Å². The zero-order valence-electron chi connectivity index (χ0n) is 12.9. The van der Waals surface area contributed by atoms with Crippen LogP contribution in [-0.2, 0) is 14.8 Å². The smallest absolute Gasteiger partial charge is 0.240 e. The normalized spacial score (nSPS) is 18.9. The van der Waals surface area contributed by atoms with Crippen molar-refractivity contribution in [3.8, 4) is 0 Å². The lowest BCUT2D eigenvalue weighted by Crippen LogP contribution is -2.40. The van der Waals surface area contributed by atoms with Crippen LogP contribution in [0.15, 0.2) is 23.1 Å². The number of halogens is 2. The quantitative estimate of drug-likeness (QED) is 0.874. The van der Waals surface area contributed by atoms with Crippen molar-refractivity contribution in [3.05, 3.63) is 29.0 Å². The van der Waals surface area contributed by atoms with Gasteiger partial charge >= 0.3 is 0 Å². The maximum Gasteiger partial charge on any atom is 0.240 e. The minimum atomic E-state index is -3.81. The van der Waals surface area contributed by atoms with Crippen molar-refractivity contribution in [3.63, 3.8) is 0 Å². The summed E-state index contributed by atoms with van der Waals surface area (Å²) < 4.78 is 39.6. The molecule has 1 saturated heterocycles. The molecule has 1 aromatic carbocycles.